The molecule has 2 heterocycles. The van der Waals surface area contributed by atoms with Crippen molar-refractivity contribution in [2.75, 3.05) is 13.2 Å². The van der Waals surface area contributed by atoms with Crippen LogP contribution in [0.4, 0.5) is 0 Å². The second kappa shape index (κ2) is 8.73. The number of H-pyrrole nitrogens is 2. The van der Waals surface area contributed by atoms with Crippen LogP contribution in [0.15, 0.2) is 29.1 Å². The van der Waals surface area contributed by atoms with E-state index in [-0.39, 0.29) is 24.3 Å². The molecule has 0 aliphatic rings. The summed E-state index contributed by atoms with van der Waals surface area (Å²) in [6.45, 7) is 4.70. The third kappa shape index (κ3) is 4.14. The van der Waals surface area contributed by atoms with E-state index in [9.17, 15) is 19.2 Å². The SMILES string of the molecule is CCOC(=O)c1[nH]c(C)c(C(=O)COC(=O)Cc2n[nH]c(=O)c3ccccc23)c1C. The van der Waals surface area contributed by atoms with Crippen LogP contribution in [0.25, 0.3) is 10.8 Å². The fourth-order valence-electron chi connectivity index (χ4n) is 3.29. The zero-order valence-electron chi connectivity index (χ0n) is 16.8. The second-order valence-electron chi connectivity index (χ2n) is 6.65. The number of carbonyl (C=O) groups excluding carboxylic acids is 3. The Bertz CT molecular complexity index is 1190. The van der Waals surface area contributed by atoms with Crippen molar-refractivity contribution in [3.8, 4) is 0 Å². The Morgan fingerprint density at radius 2 is 1.77 bits per heavy atom. The Kier molecular flexibility index (Phi) is 6.10. The summed E-state index contributed by atoms with van der Waals surface area (Å²) in [7, 11) is 0. The van der Waals surface area contributed by atoms with E-state index >= 15 is 0 Å². The van der Waals surface area contributed by atoms with Gasteiger partial charge in [0.05, 0.1) is 24.1 Å². The summed E-state index contributed by atoms with van der Waals surface area (Å²) in [5.74, 6) is -1.65. The molecular weight excluding hydrogens is 390 g/mol. The van der Waals surface area contributed by atoms with Crippen molar-refractivity contribution in [2.24, 2.45) is 0 Å². The normalized spacial score (nSPS) is 10.8. The molecule has 3 aromatic rings. The van der Waals surface area contributed by atoms with Gasteiger partial charge in [0.25, 0.3) is 5.56 Å². The minimum atomic E-state index is -0.662. The number of hydrogen-bond donors (Lipinski definition) is 2. The van der Waals surface area contributed by atoms with Crippen molar-refractivity contribution in [1.82, 2.24) is 15.2 Å². The molecule has 0 amide bonds. The predicted molar refractivity (Wildman–Crippen MR) is 108 cm³/mol. The largest absolute Gasteiger partial charge is 0.461 e. The minimum Gasteiger partial charge on any atom is -0.461 e. The number of fused-ring (bicyclic) bond motifs is 1. The van der Waals surface area contributed by atoms with Gasteiger partial charge in [0, 0.05) is 16.6 Å². The third-order valence-electron chi connectivity index (χ3n) is 4.65. The molecular formula is C21H21N3O6. The number of aromatic amines is 2. The molecule has 2 aromatic heterocycles. The number of ketones is 1. The van der Waals surface area contributed by atoms with E-state index < -0.39 is 24.3 Å². The Balaban J connectivity index is 1.70. The molecule has 9 heteroatoms. The maximum Gasteiger partial charge on any atom is 0.355 e. The first-order valence-electron chi connectivity index (χ1n) is 9.34. The molecule has 3 rings (SSSR count). The standard InChI is InChI=1S/C21H21N3O6/c1-4-29-21(28)19-11(2)18(12(3)22-19)16(25)10-30-17(26)9-15-13-7-5-6-8-14(13)20(27)24-23-15/h5-8,22H,4,9-10H2,1-3H3,(H,24,27). The molecule has 9 nitrogen and oxygen atoms in total. The fraction of sp³-hybridized carbons (Fsp3) is 0.286. The zero-order chi connectivity index (χ0) is 21.8. The summed E-state index contributed by atoms with van der Waals surface area (Å²) in [5, 5.41) is 7.23. The highest BCUT2D eigenvalue weighted by Crippen LogP contribution is 2.20. The molecule has 0 saturated heterocycles. The number of benzene rings is 1. The van der Waals surface area contributed by atoms with Crippen LogP contribution in [-0.2, 0) is 20.7 Å². The molecule has 0 saturated carbocycles. The van der Waals surface area contributed by atoms with Crippen LogP contribution in [-0.4, -0.2) is 46.1 Å². The molecule has 0 spiro atoms. The maximum atomic E-state index is 12.6. The number of rotatable bonds is 7. The van der Waals surface area contributed by atoms with Gasteiger partial charge in [-0.3, -0.25) is 14.4 Å². The van der Waals surface area contributed by atoms with Crippen LogP contribution in [0.2, 0.25) is 0 Å². The molecule has 0 atom stereocenters. The highest BCUT2D eigenvalue weighted by molar-refractivity contribution is 6.03. The predicted octanol–water partition coefficient (Wildman–Crippen LogP) is 2.01. The van der Waals surface area contributed by atoms with Crippen LogP contribution in [0.1, 0.15) is 44.7 Å². The molecule has 30 heavy (non-hydrogen) atoms. The van der Waals surface area contributed by atoms with E-state index in [0.29, 0.717) is 33.3 Å². The molecule has 156 valence electrons. The van der Waals surface area contributed by atoms with E-state index in [1.54, 1.807) is 45.0 Å². The number of aryl methyl sites for hydroxylation is 1. The molecule has 1 aromatic carbocycles. The number of nitrogens with one attached hydrogen (secondary N) is 2. The van der Waals surface area contributed by atoms with Gasteiger partial charge < -0.3 is 14.5 Å². The van der Waals surface area contributed by atoms with Crippen molar-refractivity contribution < 1.29 is 23.9 Å². The van der Waals surface area contributed by atoms with Gasteiger partial charge in [-0.15, -0.1) is 0 Å². The lowest BCUT2D eigenvalue weighted by Crippen LogP contribution is -2.19. The average molecular weight is 411 g/mol. The topological polar surface area (TPSA) is 131 Å². The Morgan fingerprint density at radius 3 is 2.47 bits per heavy atom. The van der Waals surface area contributed by atoms with Gasteiger partial charge in [-0.05, 0) is 32.4 Å². The first-order valence-corrected chi connectivity index (χ1v) is 9.34. The van der Waals surface area contributed by atoms with Gasteiger partial charge in [0.2, 0.25) is 5.78 Å². The lowest BCUT2D eigenvalue weighted by Gasteiger charge is -2.07. The van der Waals surface area contributed by atoms with Crippen LogP contribution in [0, 0.1) is 13.8 Å². The van der Waals surface area contributed by atoms with Crippen molar-refractivity contribution in [2.45, 2.75) is 27.2 Å². The van der Waals surface area contributed by atoms with Gasteiger partial charge in [-0.1, -0.05) is 18.2 Å². The Morgan fingerprint density at radius 1 is 1.07 bits per heavy atom. The third-order valence-corrected chi connectivity index (χ3v) is 4.65. The molecule has 2 N–H and O–H groups in total. The number of Topliss-reactive ketones (excluding diaryl/α,β-unsaturated/α-hetero) is 1. The van der Waals surface area contributed by atoms with Gasteiger partial charge in [0.15, 0.2) is 6.61 Å². The Hall–Kier alpha value is -3.75. The number of nitrogens with zero attached hydrogens (tertiary/aromatic N) is 1. The minimum absolute atomic E-state index is 0.202. The fourth-order valence-corrected chi connectivity index (χ4v) is 3.29. The summed E-state index contributed by atoms with van der Waals surface area (Å²) in [4.78, 5) is 51.5. The van der Waals surface area contributed by atoms with Crippen molar-refractivity contribution in [1.29, 1.82) is 0 Å². The molecule has 0 unspecified atom stereocenters. The smallest absolute Gasteiger partial charge is 0.355 e. The van der Waals surface area contributed by atoms with Crippen molar-refractivity contribution >= 4 is 28.5 Å². The Labute approximate surface area is 171 Å². The number of hydrogen-bond acceptors (Lipinski definition) is 7. The zero-order valence-corrected chi connectivity index (χ0v) is 16.8. The molecule has 0 aliphatic carbocycles. The van der Waals surface area contributed by atoms with Gasteiger partial charge in [-0.2, -0.15) is 5.10 Å². The maximum absolute atomic E-state index is 12.6. The lowest BCUT2D eigenvalue weighted by molar-refractivity contribution is -0.141. The van der Waals surface area contributed by atoms with Gasteiger partial charge in [0.1, 0.15) is 5.69 Å². The van der Waals surface area contributed by atoms with Crippen molar-refractivity contribution in [3.05, 3.63) is 62.8 Å². The van der Waals surface area contributed by atoms with E-state index in [2.05, 4.69) is 15.2 Å². The summed E-state index contributed by atoms with van der Waals surface area (Å²) >= 11 is 0. The van der Waals surface area contributed by atoms with Crippen LogP contribution in [0.3, 0.4) is 0 Å². The van der Waals surface area contributed by atoms with E-state index in [0.717, 1.165) is 0 Å². The second-order valence-corrected chi connectivity index (χ2v) is 6.65. The van der Waals surface area contributed by atoms with Gasteiger partial charge >= 0.3 is 11.9 Å². The molecule has 0 bridgehead atoms. The number of carbonyl (C=O) groups is 3. The number of aromatic nitrogens is 3. The van der Waals surface area contributed by atoms with Crippen LogP contribution in [0.5, 0.6) is 0 Å². The van der Waals surface area contributed by atoms with E-state index in [1.807, 2.05) is 0 Å². The monoisotopic (exact) mass is 411 g/mol. The quantitative estimate of drug-likeness (QED) is 0.449. The summed E-state index contributed by atoms with van der Waals surface area (Å²) in [5.41, 5.74) is 1.42. The number of ether oxygens (including phenoxy) is 2. The first kappa shape index (κ1) is 21.0. The highest BCUT2D eigenvalue weighted by Gasteiger charge is 2.23. The summed E-state index contributed by atoms with van der Waals surface area (Å²) in [6, 6.07) is 6.77. The summed E-state index contributed by atoms with van der Waals surface area (Å²) in [6.07, 6.45) is -0.205. The average Bonchev–Trinajstić information content (AvgIpc) is 3.03. The number of esters is 2. The van der Waals surface area contributed by atoms with Crippen molar-refractivity contribution in [3.63, 3.8) is 0 Å². The first-order chi connectivity index (χ1) is 14.3. The van der Waals surface area contributed by atoms with E-state index in [4.69, 9.17) is 9.47 Å². The van der Waals surface area contributed by atoms with E-state index in [1.165, 1.54) is 0 Å². The highest BCUT2D eigenvalue weighted by atomic mass is 16.5. The lowest BCUT2D eigenvalue weighted by atomic mass is 10.1. The van der Waals surface area contributed by atoms with Crippen LogP contribution >= 0.6 is 0 Å². The molecule has 0 aliphatic heterocycles. The summed E-state index contributed by atoms with van der Waals surface area (Å²) < 4.78 is 10.1. The van der Waals surface area contributed by atoms with Crippen LogP contribution < -0.4 is 5.56 Å². The molecule has 0 fully saturated rings. The molecule has 0 radical (unpaired) electrons. The van der Waals surface area contributed by atoms with Gasteiger partial charge in [-0.25, -0.2) is 9.89 Å².